The Bertz CT molecular complexity index is 1250. The van der Waals surface area contributed by atoms with Gasteiger partial charge in [-0.25, -0.2) is 4.98 Å². The largest absolute Gasteiger partial charge is 0.481 e. The molecule has 0 aromatic carbocycles. The minimum absolute atomic E-state index is 0.0395. The molecule has 4 heterocycles. The molecule has 1 N–H and O–H groups in total. The highest BCUT2D eigenvalue weighted by Crippen LogP contribution is 2.34. The summed E-state index contributed by atoms with van der Waals surface area (Å²) in [7, 11) is 0. The van der Waals surface area contributed by atoms with Gasteiger partial charge in [-0.2, -0.15) is 0 Å². The molecule has 2 aromatic rings. The van der Waals surface area contributed by atoms with Crippen LogP contribution in [0.2, 0.25) is 0 Å². The summed E-state index contributed by atoms with van der Waals surface area (Å²) in [6.45, 7) is 7.19. The van der Waals surface area contributed by atoms with E-state index in [1.54, 1.807) is 18.3 Å². The highest BCUT2D eigenvalue weighted by atomic mass is 32.2. The fraction of sp³-hybridized carbons (Fsp3) is 0.435. The van der Waals surface area contributed by atoms with Gasteiger partial charge in [0.25, 0.3) is 11.5 Å². The van der Waals surface area contributed by atoms with Gasteiger partial charge in [0.1, 0.15) is 15.8 Å². The number of morpholine rings is 1. The molecular formula is C23H26N4O5S2. The number of aliphatic carboxylic acids is 1. The third-order valence-electron chi connectivity index (χ3n) is 5.63. The zero-order valence-corrected chi connectivity index (χ0v) is 20.8. The number of anilines is 1. The Morgan fingerprint density at radius 2 is 2.00 bits per heavy atom. The van der Waals surface area contributed by atoms with E-state index in [4.69, 9.17) is 27.0 Å². The van der Waals surface area contributed by atoms with Crippen molar-refractivity contribution in [3.05, 3.63) is 44.7 Å². The highest BCUT2D eigenvalue weighted by molar-refractivity contribution is 8.26. The van der Waals surface area contributed by atoms with Crippen LogP contribution in [0, 0.1) is 6.92 Å². The van der Waals surface area contributed by atoms with Crippen molar-refractivity contribution in [2.45, 2.75) is 45.8 Å². The van der Waals surface area contributed by atoms with Gasteiger partial charge in [-0.05, 0) is 44.9 Å². The first-order valence-corrected chi connectivity index (χ1v) is 12.3. The first-order valence-electron chi connectivity index (χ1n) is 11.0. The second kappa shape index (κ2) is 9.85. The van der Waals surface area contributed by atoms with Gasteiger partial charge >= 0.3 is 5.97 Å². The van der Waals surface area contributed by atoms with E-state index in [1.807, 2.05) is 31.7 Å². The van der Waals surface area contributed by atoms with Crippen LogP contribution in [0.4, 0.5) is 5.82 Å². The molecule has 2 aliphatic heterocycles. The molecule has 2 unspecified atom stereocenters. The molecule has 2 aromatic heterocycles. The van der Waals surface area contributed by atoms with E-state index >= 15 is 0 Å². The predicted molar refractivity (Wildman–Crippen MR) is 135 cm³/mol. The lowest BCUT2D eigenvalue weighted by Crippen LogP contribution is -2.46. The number of thioether (sulfide) groups is 1. The normalized spacial score (nSPS) is 22.3. The summed E-state index contributed by atoms with van der Waals surface area (Å²) < 4.78 is 7.69. The minimum Gasteiger partial charge on any atom is -0.481 e. The zero-order chi connectivity index (χ0) is 24.6. The van der Waals surface area contributed by atoms with Gasteiger partial charge < -0.3 is 14.7 Å². The number of rotatable bonds is 6. The summed E-state index contributed by atoms with van der Waals surface area (Å²) in [6.07, 6.45) is 3.46. The molecule has 0 radical (unpaired) electrons. The number of fused-ring (bicyclic) bond motifs is 1. The van der Waals surface area contributed by atoms with Crippen molar-refractivity contribution >= 4 is 57.7 Å². The number of carbonyl (C=O) groups is 2. The molecule has 0 saturated carbocycles. The molecule has 2 fully saturated rings. The van der Waals surface area contributed by atoms with Gasteiger partial charge in [0, 0.05) is 32.3 Å². The number of ether oxygens (including phenoxy) is 1. The van der Waals surface area contributed by atoms with Crippen molar-refractivity contribution in [3.8, 4) is 0 Å². The molecule has 9 nitrogen and oxygen atoms in total. The SMILES string of the molecule is Cc1ccc2nc(N3CC(C)OC(C)C3)c(C=C3SC(=S)N(CCCC(=O)O)C3=O)c(=O)n2c1. The van der Waals surface area contributed by atoms with Crippen molar-refractivity contribution in [2.75, 3.05) is 24.5 Å². The molecule has 2 saturated heterocycles. The Morgan fingerprint density at radius 1 is 1.29 bits per heavy atom. The Balaban J connectivity index is 1.78. The van der Waals surface area contributed by atoms with E-state index in [9.17, 15) is 14.4 Å². The highest BCUT2D eigenvalue weighted by Gasteiger charge is 2.33. The third kappa shape index (κ3) is 5.01. The Kier molecular flexibility index (Phi) is 7.06. The van der Waals surface area contributed by atoms with Crippen LogP contribution >= 0.6 is 24.0 Å². The van der Waals surface area contributed by atoms with Crippen molar-refractivity contribution in [1.82, 2.24) is 14.3 Å². The second-order valence-corrected chi connectivity index (χ2v) is 10.3. The lowest BCUT2D eigenvalue weighted by Gasteiger charge is -2.36. The van der Waals surface area contributed by atoms with Gasteiger partial charge in [-0.3, -0.25) is 23.7 Å². The number of nitrogens with zero attached hydrogens (tertiary/aromatic N) is 4. The van der Waals surface area contributed by atoms with Crippen LogP contribution in [0.5, 0.6) is 0 Å². The summed E-state index contributed by atoms with van der Waals surface area (Å²) >= 11 is 6.47. The number of pyridine rings is 1. The number of hydrogen-bond donors (Lipinski definition) is 1. The monoisotopic (exact) mass is 502 g/mol. The van der Waals surface area contributed by atoms with E-state index in [2.05, 4.69) is 0 Å². The lowest BCUT2D eigenvalue weighted by atomic mass is 10.1. The van der Waals surface area contributed by atoms with Crippen LogP contribution in [-0.2, 0) is 14.3 Å². The Labute approximate surface area is 206 Å². The average Bonchev–Trinajstić information content (AvgIpc) is 3.02. The van der Waals surface area contributed by atoms with Crippen molar-refractivity contribution in [2.24, 2.45) is 0 Å². The number of hydrogen-bond acceptors (Lipinski definition) is 8. The number of carbonyl (C=O) groups excluding carboxylic acids is 1. The maximum atomic E-state index is 13.6. The van der Waals surface area contributed by atoms with Gasteiger partial charge in [0.15, 0.2) is 0 Å². The summed E-state index contributed by atoms with van der Waals surface area (Å²) in [5.41, 5.74) is 1.48. The zero-order valence-electron chi connectivity index (χ0n) is 19.2. The molecule has 180 valence electrons. The molecule has 2 aliphatic rings. The van der Waals surface area contributed by atoms with Gasteiger partial charge in [0.05, 0.1) is 22.7 Å². The Hall–Kier alpha value is -2.76. The van der Waals surface area contributed by atoms with Crippen LogP contribution in [-0.4, -0.2) is 67.4 Å². The molecule has 0 aliphatic carbocycles. The van der Waals surface area contributed by atoms with Crippen molar-refractivity contribution in [3.63, 3.8) is 0 Å². The molecular weight excluding hydrogens is 476 g/mol. The van der Waals surface area contributed by atoms with Gasteiger partial charge in [-0.1, -0.05) is 30.0 Å². The molecule has 11 heteroatoms. The molecule has 0 bridgehead atoms. The number of carboxylic acid groups (broad SMARTS) is 1. The minimum atomic E-state index is -0.926. The summed E-state index contributed by atoms with van der Waals surface area (Å²) in [5.74, 6) is -0.749. The Morgan fingerprint density at radius 3 is 2.68 bits per heavy atom. The standard InChI is InChI=1S/C23H26N4O5S2/c1-13-6-7-18-24-20(25-11-14(2)32-15(3)12-25)16(21(30)27(18)10-13)9-17-22(31)26(23(33)34-17)8-4-5-19(28)29/h6-7,9-10,14-15H,4-5,8,11-12H2,1-3H3,(H,28,29). The van der Waals surface area contributed by atoms with E-state index < -0.39 is 5.97 Å². The number of carboxylic acids is 1. The third-order valence-corrected chi connectivity index (χ3v) is 7.00. The van der Waals surface area contributed by atoms with E-state index in [-0.39, 0.29) is 36.6 Å². The van der Waals surface area contributed by atoms with Gasteiger partial charge in [-0.15, -0.1) is 0 Å². The second-order valence-electron chi connectivity index (χ2n) is 8.58. The summed E-state index contributed by atoms with van der Waals surface area (Å²) in [4.78, 5) is 46.0. The maximum Gasteiger partial charge on any atom is 0.303 e. The van der Waals surface area contributed by atoms with Crippen LogP contribution in [0.1, 0.15) is 37.8 Å². The molecule has 2 atom stereocenters. The van der Waals surface area contributed by atoms with Crippen LogP contribution in [0.3, 0.4) is 0 Å². The van der Waals surface area contributed by atoms with Crippen molar-refractivity contribution in [1.29, 1.82) is 0 Å². The smallest absolute Gasteiger partial charge is 0.303 e. The molecule has 1 amide bonds. The summed E-state index contributed by atoms with van der Waals surface area (Å²) in [5, 5.41) is 8.88. The number of aryl methyl sites for hydroxylation is 1. The van der Waals surface area contributed by atoms with E-state index in [0.29, 0.717) is 45.8 Å². The van der Waals surface area contributed by atoms with Crippen LogP contribution < -0.4 is 10.5 Å². The van der Waals surface area contributed by atoms with Crippen LogP contribution in [0.15, 0.2) is 28.0 Å². The maximum absolute atomic E-state index is 13.6. The number of thiocarbonyl (C=S) groups is 1. The van der Waals surface area contributed by atoms with Gasteiger partial charge in [0.2, 0.25) is 0 Å². The summed E-state index contributed by atoms with van der Waals surface area (Å²) in [6, 6.07) is 3.71. The first kappa shape index (κ1) is 24.4. The van der Waals surface area contributed by atoms with E-state index in [1.165, 1.54) is 9.30 Å². The fourth-order valence-electron chi connectivity index (χ4n) is 4.18. The molecule has 34 heavy (non-hydrogen) atoms. The lowest BCUT2D eigenvalue weighted by molar-refractivity contribution is -0.137. The number of amides is 1. The first-order chi connectivity index (χ1) is 16.1. The topological polar surface area (TPSA) is 104 Å². The van der Waals surface area contributed by atoms with Crippen LogP contribution in [0.25, 0.3) is 11.7 Å². The van der Waals surface area contributed by atoms with E-state index in [0.717, 1.165) is 17.3 Å². The fourth-order valence-corrected chi connectivity index (χ4v) is 5.47. The average molecular weight is 503 g/mol. The molecule has 0 spiro atoms. The number of aromatic nitrogens is 2. The quantitative estimate of drug-likeness (QED) is 0.471. The molecule has 4 rings (SSSR count). The predicted octanol–water partition coefficient (Wildman–Crippen LogP) is 2.68. The van der Waals surface area contributed by atoms with Crippen molar-refractivity contribution < 1.29 is 19.4 Å².